The summed E-state index contributed by atoms with van der Waals surface area (Å²) in [4.78, 5) is 15.5. The van der Waals surface area contributed by atoms with E-state index >= 15 is 0 Å². The number of piperidine rings is 1. The van der Waals surface area contributed by atoms with Crippen LogP contribution in [0.2, 0.25) is 0 Å². The van der Waals surface area contributed by atoms with Crippen LogP contribution in [0.3, 0.4) is 0 Å². The second-order valence-electron chi connectivity index (χ2n) is 9.04. The molecule has 0 radical (unpaired) electrons. The highest BCUT2D eigenvalue weighted by atomic mass is 16.5. The molecule has 0 atom stereocenters. The molecule has 6 heteroatoms. The van der Waals surface area contributed by atoms with Crippen molar-refractivity contribution >= 4 is 11.0 Å². The van der Waals surface area contributed by atoms with Crippen molar-refractivity contribution in [2.45, 2.75) is 25.7 Å². The summed E-state index contributed by atoms with van der Waals surface area (Å²) in [7, 11) is 0. The zero-order chi connectivity index (χ0) is 24.2. The zero-order valence-corrected chi connectivity index (χ0v) is 19.6. The fourth-order valence-electron chi connectivity index (χ4n) is 4.74. The Balaban J connectivity index is 1.41. The molecule has 1 aliphatic heterocycles. The Morgan fingerprint density at radius 1 is 0.857 bits per heavy atom. The molecule has 4 aromatic rings. The number of nitrogens with zero attached hydrogens (tertiary/aromatic N) is 1. The van der Waals surface area contributed by atoms with Crippen molar-refractivity contribution in [3.05, 3.63) is 88.3 Å². The lowest BCUT2D eigenvalue weighted by Gasteiger charge is -2.26. The first-order chi connectivity index (χ1) is 17.1. The Hall–Kier alpha value is -3.77. The minimum atomic E-state index is -0.485. The molecule has 35 heavy (non-hydrogen) atoms. The van der Waals surface area contributed by atoms with Gasteiger partial charge in [0.2, 0.25) is 0 Å². The van der Waals surface area contributed by atoms with Crippen molar-refractivity contribution in [3.63, 3.8) is 0 Å². The Labute approximate surface area is 204 Å². The van der Waals surface area contributed by atoms with Crippen LogP contribution in [0.5, 0.6) is 17.2 Å². The number of hydrogen-bond donors (Lipinski definition) is 2. The number of phenols is 2. The highest BCUT2D eigenvalue weighted by Gasteiger charge is 2.18. The quantitative estimate of drug-likeness (QED) is 0.355. The lowest BCUT2D eigenvalue weighted by molar-refractivity contribution is 0.183. The number of benzene rings is 3. The molecule has 1 fully saturated rings. The Morgan fingerprint density at radius 3 is 2.31 bits per heavy atom. The van der Waals surface area contributed by atoms with Gasteiger partial charge in [0.25, 0.3) is 0 Å². The first kappa shape index (κ1) is 23.0. The van der Waals surface area contributed by atoms with E-state index in [4.69, 9.17) is 9.15 Å². The maximum Gasteiger partial charge on any atom is 0.344 e. The summed E-state index contributed by atoms with van der Waals surface area (Å²) in [6, 6.07) is 19.3. The first-order valence-electron chi connectivity index (χ1n) is 12.1. The molecule has 180 valence electrons. The van der Waals surface area contributed by atoms with Gasteiger partial charge < -0.3 is 19.4 Å². The van der Waals surface area contributed by atoms with Crippen LogP contribution in [0.4, 0.5) is 0 Å². The van der Waals surface area contributed by atoms with Gasteiger partial charge in [-0.1, -0.05) is 30.7 Å². The minimum absolute atomic E-state index is 0.0371. The summed E-state index contributed by atoms with van der Waals surface area (Å²) in [6.07, 6.45) is 4.37. The summed E-state index contributed by atoms with van der Waals surface area (Å²) in [6.45, 7) is 3.92. The van der Waals surface area contributed by atoms with Gasteiger partial charge in [0.1, 0.15) is 29.4 Å². The monoisotopic (exact) mass is 471 g/mol. The molecule has 0 unspecified atom stereocenters. The van der Waals surface area contributed by atoms with Crippen molar-refractivity contribution in [1.82, 2.24) is 4.90 Å². The van der Waals surface area contributed by atoms with Crippen LogP contribution in [-0.4, -0.2) is 41.4 Å². The summed E-state index contributed by atoms with van der Waals surface area (Å²) >= 11 is 0. The SMILES string of the molecule is O=c1oc2cc(O)ccc2c(Cc2ccc(OCCN3CCCCC3)cc2)c1-c1ccc(O)cc1. The molecule has 6 nitrogen and oxygen atoms in total. The third-order valence-electron chi connectivity index (χ3n) is 6.58. The number of phenolic OH excluding ortho intramolecular Hbond substituents is 2. The van der Waals surface area contributed by atoms with E-state index < -0.39 is 5.63 Å². The van der Waals surface area contributed by atoms with Gasteiger partial charge in [0.15, 0.2) is 0 Å². The van der Waals surface area contributed by atoms with Crippen LogP contribution in [-0.2, 0) is 6.42 Å². The molecule has 1 saturated heterocycles. The van der Waals surface area contributed by atoms with Crippen molar-refractivity contribution in [2.75, 3.05) is 26.2 Å². The second-order valence-corrected chi connectivity index (χ2v) is 9.04. The first-order valence-corrected chi connectivity index (χ1v) is 12.1. The van der Waals surface area contributed by atoms with E-state index in [2.05, 4.69) is 4.90 Å². The smallest absolute Gasteiger partial charge is 0.344 e. The number of aromatic hydroxyl groups is 2. The van der Waals surface area contributed by atoms with E-state index in [1.165, 1.54) is 25.3 Å². The molecule has 1 aromatic heterocycles. The molecule has 3 aromatic carbocycles. The molecule has 0 spiro atoms. The largest absolute Gasteiger partial charge is 0.508 e. The Kier molecular flexibility index (Phi) is 6.73. The van der Waals surface area contributed by atoms with Crippen molar-refractivity contribution in [1.29, 1.82) is 0 Å². The fraction of sp³-hybridized carbons (Fsp3) is 0.276. The standard InChI is InChI=1S/C29H29NO5/c31-22-8-6-21(7-9-22)28-26(25-13-10-23(32)19-27(25)35-29(28)33)18-20-4-11-24(12-5-20)34-17-16-30-14-2-1-3-15-30/h4-13,19,31-32H,1-3,14-18H2. The van der Waals surface area contributed by atoms with Gasteiger partial charge in [-0.2, -0.15) is 0 Å². The van der Waals surface area contributed by atoms with Gasteiger partial charge in [0, 0.05) is 18.0 Å². The van der Waals surface area contributed by atoms with E-state index in [-0.39, 0.29) is 11.5 Å². The predicted molar refractivity (Wildman–Crippen MR) is 136 cm³/mol. The molecule has 2 heterocycles. The number of rotatable bonds is 7. The summed E-state index contributed by atoms with van der Waals surface area (Å²) in [5.74, 6) is 0.989. The van der Waals surface area contributed by atoms with Gasteiger partial charge in [-0.05, 0) is 85.4 Å². The highest BCUT2D eigenvalue weighted by Crippen LogP contribution is 2.32. The Morgan fingerprint density at radius 2 is 1.57 bits per heavy atom. The Bertz CT molecular complexity index is 1350. The average molecular weight is 472 g/mol. The minimum Gasteiger partial charge on any atom is -0.508 e. The van der Waals surface area contributed by atoms with Gasteiger partial charge in [-0.15, -0.1) is 0 Å². The normalized spacial score (nSPS) is 14.3. The topological polar surface area (TPSA) is 83.1 Å². The molecular weight excluding hydrogens is 442 g/mol. The zero-order valence-electron chi connectivity index (χ0n) is 19.6. The maximum atomic E-state index is 13.0. The lowest BCUT2D eigenvalue weighted by atomic mass is 9.93. The number of ether oxygens (including phenoxy) is 1. The average Bonchev–Trinajstić information content (AvgIpc) is 2.86. The lowest BCUT2D eigenvalue weighted by Crippen LogP contribution is -2.33. The molecule has 0 bridgehead atoms. The second kappa shape index (κ2) is 10.2. The molecular formula is C29H29NO5. The van der Waals surface area contributed by atoms with Crippen molar-refractivity contribution in [3.8, 4) is 28.4 Å². The molecule has 5 rings (SSSR count). The molecule has 0 saturated carbocycles. The third kappa shape index (κ3) is 5.33. The van der Waals surface area contributed by atoms with E-state index in [1.54, 1.807) is 36.4 Å². The maximum absolute atomic E-state index is 13.0. The fourth-order valence-corrected chi connectivity index (χ4v) is 4.74. The summed E-state index contributed by atoms with van der Waals surface area (Å²) in [5.41, 5.74) is 2.80. The van der Waals surface area contributed by atoms with E-state index in [0.717, 1.165) is 41.9 Å². The van der Waals surface area contributed by atoms with Gasteiger partial charge in [0.05, 0.1) is 5.56 Å². The van der Waals surface area contributed by atoms with Crippen LogP contribution in [0, 0.1) is 0 Å². The van der Waals surface area contributed by atoms with Crippen molar-refractivity contribution < 1.29 is 19.4 Å². The van der Waals surface area contributed by atoms with Gasteiger partial charge >= 0.3 is 5.63 Å². The predicted octanol–water partition coefficient (Wildman–Crippen LogP) is 5.33. The summed E-state index contributed by atoms with van der Waals surface area (Å²) < 4.78 is 11.5. The van der Waals surface area contributed by atoms with Crippen molar-refractivity contribution in [2.24, 2.45) is 0 Å². The molecule has 0 aliphatic carbocycles. The van der Waals surface area contributed by atoms with E-state index in [9.17, 15) is 15.0 Å². The third-order valence-corrected chi connectivity index (χ3v) is 6.58. The number of fused-ring (bicyclic) bond motifs is 1. The van der Waals surface area contributed by atoms with E-state index in [1.807, 2.05) is 24.3 Å². The van der Waals surface area contributed by atoms with Gasteiger partial charge in [-0.25, -0.2) is 4.79 Å². The van der Waals surface area contributed by atoms with E-state index in [0.29, 0.717) is 29.7 Å². The van der Waals surface area contributed by atoms with Crippen LogP contribution in [0.15, 0.2) is 75.9 Å². The van der Waals surface area contributed by atoms with Crippen LogP contribution in [0.1, 0.15) is 30.4 Å². The molecule has 1 aliphatic rings. The number of hydrogen-bond acceptors (Lipinski definition) is 6. The van der Waals surface area contributed by atoms with Crippen LogP contribution < -0.4 is 10.4 Å². The number of likely N-dealkylation sites (tertiary alicyclic amines) is 1. The van der Waals surface area contributed by atoms with Gasteiger partial charge in [-0.3, -0.25) is 4.90 Å². The van der Waals surface area contributed by atoms with Crippen LogP contribution >= 0.6 is 0 Å². The molecule has 2 N–H and O–H groups in total. The summed E-state index contributed by atoms with van der Waals surface area (Å²) in [5, 5.41) is 20.4. The molecule has 0 amide bonds. The highest BCUT2D eigenvalue weighted by molar-refractivity contribution is 5.88. The van der Waals surface area contributed by atoms with Crippen LogP contribution in [0.25, 0.3) is 22.1 Å².